The van der Waals surface area contributed by atoms with Crippen LogP contribution in [0, 0.1) is 0 Å². The second-order valence-corrected chi connectivity index (χ2v) is 6.13. The molecule has 0 bridgehead atoms. The standard InChI is InChI=1S/C11H15N3O3S2/c1-2-3-7-9(19-13-12-7)10(15)14-4-5-18-6-8(14)11(16)17/h8H,2-6H2,1H3,(H,16,17). The van der Waals surface area contributed by atoms with Gasteiger partial charge in [0.15, 0.2) is 0 Å². The number of aryl methyl sites for hydroxylation is 1. The average molecular weight is 301 g/mol. The van der Waals surface area contributed by atoms with Crippen LogP contribution in [0.4, 0.5) is 0 Å². The van der Waals surface area contributed by atoms with Crippen molar-refractivity contribution in [2.75, 3.05) is 18.1 Å². The molecule has 19 heavy (non-hydrogen) atoms. The summed E-state index contributed by atoms with van der Waals surface area (Å²) >= 11 is 2.61. The summed E-state index contributed by atoms with van der Waals surface area (Å²) in [6.45, 7) is 2.47. The summed E-state index contributed by atoms with van der Waals surface area (Å²) in [4.78, 5) is 25.6. The van der Waals surface area contributed by atoms with Crippen molar-refractivity contribution < 1.29 is 14.7 Å². The third kappa shape index (κ3) is 3.06. The van der Waals surface area contributed by atoms with Crippen molar-refractivity contribution in [2.45, 2.75) is 25.8 Å². The van der Waals surface area contributed by atoms with Crippen LogP contribution in [0.5, 0.6) is 0 Å². The van der Waals surface area contributed by atoms with Crippen molar-refractivity contribution in [3.05, 3.63) is 10.6 Å². The molecule has 2 heterocycles. The third-order valence-electron chi connectivity index (χ3n) is 2.91. The number of carboxylic acid groups (broad SMARTS) is 1. The Morgan fingerprint density at radius 3 is 3.00 bits per heavy atom. The number of thioether (sulfide) groups is 1. The minimum absolute atomic E-state index is 0.244. The fourth-order valence-corrected chi connectivity index (χ4v) is 3.66. The highest BCUT2D eigenvalue weighted by Crippen LogP contribution is 2.22. The first kappa shape index (κ1) is 14.3. The van der Waals surface area contributed by atoms with Crippen LogP contribution in [0.15, 0.2) is 0 Å². The van der Waals surface area contributed by atoms with Crippen LogP contribution in [-0.4, -0.2) is 55.6 Å². The SMILES string of the molecule is CCCc1nnsc1C(=O)N1CCSCC1C(=O)O. The fourth-order valence-electron chi connectivity index (χ4n) is 1.95. The first-order chi connectivity index (χ1) is 9.15. The first-order valence-corrected chi connectivity index (χ1v) is 8.00. The van der Waals surface area contributed by atoms with Gasteiger partial charge in [0, 0.05) is 18.1 Å². The van der Waals surface area contributed by atoms with Crippen LogP contribution >= 0.6 is 23.3 Å². The van der Waals surface area contributed by atoms with Crippen molar-refractivity contribution >= 4 is 35.2 Å². The molecule has 1 N–H and O–H groups in total. The predicted molar refractivity (Wildman–Crippen MR) is 73.7 cm³/mol. The van der Waals surface area contributed by atoms with Crippen molar-refractivity contribution in [3.63, 3.8) is 0 Å². The number of rotatable bonds is 4. The molecule has 0 aromatic carbocycles. The molecule has 0 spiro atoms. The zero-order valence-corrected chi connectivity index (χ0v) is 12.2. The maximum Gasteiger partial charge on any atom is 0.327 e. The number of aromatic nitrogens is 2. The highest BCUT2D eigenvalue weighted by Gasteiger charge is 2.34. The maximum atomic E-state index is 12.5. The van der Waals surface area contributed by atoms with Crippen LogP contribution in [-0.2, 0) is 11.2 Å². The van der Waals surface area contributed by atoms with Crippen LogP contribution < -0.4 is 0 Å². The summed E-state index contributed by atoms with van der Waals surface area (Å²) in [5.74, 6) is 0.0163. The predicted octanol–water partition coefficient (Wildman–Crippen LogP) is 1.13. The molecular formula is C11H15N3O3S2. The average Bonchev–Trinajstić information content (AvgIpc) is 2.86. The molecule has 1 amide bonds. The van der Waals surface area contributed by atoms with E-state index in [1.54, 1.807) is 11.8 Å². The lowest BCUT2D eigenvalue weighted by Crippen LogP contribution is -2.50. The van der Waals surface area contributed by atoms with Crippen molar-refractivity contribution in [3.8, 4) is 0 Å². The number of carbonyl (C=O) groups is 2. The zero-order valence-electron chi connectivity index (χ0n) is 10.5. The number of aliphatic carboxylic acids is 1. The Kier molecular flexibility index (Phi) is 4.76. The molecule has 6 nitrogen and oxygen atoms in total. The first-order valence-electron chi connectivity index (χ1n) is 6.08. The summed E-state index contributed by atoms with van der Waals surface area (Å²) in [5, 5.41) is 13.2. The van der Waals surface area contributed by atoms with Gasteiger partial charge in [-0.15, -0.1) is 5.10 Å². The molecular weight excluding hydrogens is 286 g/mol. The van der Waals surface area contributed by atoms with Crippen molar-refractivity contribution in [1.29, 1.82) is 0 Å². The quantitative estimate of drug-likeness (QED) is 0.897. The van der Waals surface area contributed by atoms with Crippen LogP contribution in [0.3, 0.4) is 0 Å². The van der Waals surface area contributed by atoms with E-state index >= 15 is 0 Å². The number of hydrogen-bond donors (Lipinski definition) is 1. The number of amides is 1. The van der Waals surface area contributed by atoms with E-state index in [0.29, 0.717) is 29.3 Å². The molecule has 2 rings (SSSR count). The van der Waals surface area contributed by atoms with Gasteiger partial charge in [0.1, 0.15) is 10.9 Å². The minimum Gasteiger partial charge on any atom is -0.480 e. The molecule has 1 aromatic heterocycles. The van der Waals surface area contributed by atoms with Crippen LogP contribution in [0.2, 0.25) is 0 Å². The van der Waals surface area contributed by atoms with E-state index in [2.05, 4.69) is 9.59 Å². The van der Waals surface area contributed by atoms with Gasteiger partial charge in [0.25, 0.3) is 5.91 Å². The zero-order chi connectivity index (χ0) is 13.8. The molecule has 0 aliphatic carbocycles. The van der Waals surface area contributed by atoms with Crippen molar-refractivity contribution in [2.24, 2.45) is 0 Å². The van der Waals surface area contributed by atoms with E-state index in [1.807, 2.05) is 6.92 Å². The molecule has 1 fully saturated rings. The van der Waals surface area contributed by atoms with Gasteiger partial charge in [-0.05, 0) is 18.0 Å². The second kappa shape index (κ2) is 6.33. The number of carbonyl (C=O) groups excluding carboxylic acids is 1. The maximum absolute atomic E-state index is 12.5. The molecule has 1 aliphatic heterocycles. The molecule has 1 aliphatic rings. The Balaban J connectivity index is 2.21. The van der Waals surface area contributed by atoms with E-state index in [1.165, 1.54) is 4.90 Å². The molecule has 1 unspecified atom stereocenters. The molecule has 1 aromatic rings. The molecule has 1 saturated heterocycles. The third-order valence-corrected chi connectivity index (χ3v) is 4.69. The van der Waals surface area contributed by atoms with E-state index in [4.69, 9.17) is 0 Å². The van der Waals surface area contributed by atoms with Gasteiger partial charge < -0.3 is 10.0 Å². The number of carboxylic acids is 1. The van der Waals surface area contributed by atoms with Gasteiger partial charge >= 0.3 is 5.97 Å². The van der Waals surface area contributed by atoms with Gasteiger partial charge in [-0.25, -0.2) is 4.79 Å². The molecule has 104 valence electrons. The van der Waals surface area contributed by atoms with Gasteiger partial charge in [0.05, 0.1) is 5.69 Å². The molecule has 0 radical (unpaired) electrons. The van der Waals surface area contributed by atoms with E-state index in [-0.39, 0.29) is 5.91 Å². The number of hydrogen-bond acceptors (Lipinski definition) is 6. The van der Waals surface area contributed by atoms with Gasteiger partial charge in [-0.2, -0.15) is 11.8 Å². The summed E-state index contributed by atoms with van der Waals surface area (Å²) in [5.41, 5.74) is 0.680. The van der Waals surface area contributed by atoms with E-state index in [9.17, 15) is 14.7 Å². The smallest absolute Gasteiger partial charge is 0.327 e. The van der Waals surface area contributed by atoms with E-state index < -0.39 is 12.0 Å². The highest BCUT2D eigenvalue weighted by atomic mass is 32.2. The summed E-state index contributed by atoms with van der Waals surface area (Å²) < 4.78 is 3.82. The lowest BCUT2D eigenvalue weighted by atomic mass is 10.2. The summed E-state index contributed by atoms with van der Waals surface area (Å²) in [6.07, 6.45) is 1.57. The lowest BCUT2D eigenvalue weighted by Gasteiger charge is -2.32. The number of nitrogens with zero attached hydrogens (tertiary/aromatic N) is 3. The largest absolute Gasteiger partial charge is 0.480 e. The van der Waals surface area contributed by atoms with Gasteiger partial charge in [-0.1, -0.05) is 17.8 Å². The Hall–Kier alpha value is -1.15. The normalized spacial score (nSPS) is 19.4. The van der Waals surface area contributed by atoms with Gasteiger partial charge in [0.2, 0.25) is 0 Å². The van der Waals surface area contributed by atoms with Crippen molar-refractivity contribution in [1.82, 2.24) is 14.5 Å². The van der Waals surface area contributed by atoms with Crippen LogP contribution in [0.1, 0.15) is 28.7 Å². The Bertz CT molecular complexity index is 478. The molecule has 8 heteroatoms. The highest BCUT2D eigenvalue weighted by molar-refractivity contribution is 7.99. The summed E-state index contributed by atoms with van der Waals surface area (Å²) in [6, 6.07) is -0.747. The summed E-state index contributed by atoms with van der Waals surface area (Å²) in [7, 11) is 0. The Labute approximate surface area is 119 Å². The minimum atomic E-state index is -0.949. The molecule has 1 atom stereocenters. The topological polar surface area (TPSA) is 83.4 Å². The van der Waals surface area contributed by atoms with E-state index in [0.717, 1.165) is 23.7 Å². The monoisotopic (exact) mass is 301 g/mol. The molecule has 0 saturated carbocycles. The Morgan fingerprint density at radius 1 is 1.53 bits per heavy atom. The lowest BCUT2D eigenvalue weighted by molar-refractivity contribution is -0.141. The second-order valence-electron chi connectivity index (χ2n) is 4.23. The van der Waals surface area contributed by atoms with Gasteiger partial charge in [-0.3, -0.25) is 4.79 Å². The van der Waals surface area contributed by atoms with Crippen LogP contribution in [0.25, 0.3) is 0 Å². The Morgan fingerprint density at radius 2 is 2.32 bits per heavy atom. The fraction of sp³-hybridized carbons (Fsp3) is 0.636.